The third-order valence-corrected chi connectivity index (χ3v) is 5.63. The quantitative estimate of drug-likeness (QED) is 0.450. The van der Waals surface area contributed by atoms with E-state index in [9.17, 15) is 14.7 Å². The standard InChI is InChI=1S/C20H24O6/c1-10(6-8-21)18(22)25-14-9-11(2)13-5-7-20(4,24)16(13)17-15(14)12(3)19(23)26-17/h5-7,13-17,21,24H,2-3,8-9H2,1,4H3/t13-,14-,15+,16-,17-,20+/m1/s1. The summed E-state index contributed by atoms with van der Waals surface area (Å²) < 4.78 is 11.2. The van der Waals surface area contributed by atoms with Crippen LogP contribution in [0.2, 0.25) is 0 Å². The molecule has 2 fully saturated rings. The molecule has 2 aliphatic carbocycles. The summed E-state index contributed by atoms with van der Waals surface area (Å²) in [4.78, 5) is 24.5. The van der Waals surface area contributed by atoms with E-state index < -0.39 is 41.6 Å². The van der Waals surface area contributed by atoms with E-state index in [-0.39, 0.29) is 23.7 Å². The number of carbonyl (C=O) groups excluding carboxylic acids is 2. The number of aliphatic hydroxyl groups is 2. The van der Waals surface area contributed by atoms with Crippen LogP contribution in [0.15, 0.2) is 48.1 Å². The van der Waals surface area contributed by atoms with E-state index in [0.29, 0.717) is 6.42 Å². The number of fused-ring (bicyclic) bond motifs is 3. The van der Waals surface area contributed by atoms with Crippen molar-refractivity contribution in [1.82, 2.24) is 0 Å². The molecule has 1 saturated carbocycles. The molecule has 0 bridgehead atoms. The molecular weight excluding hydrogens is 336 g/mol. The SMILES string of the molecule is C=C1C(=O)O[C@@H]2[C@@H]1[C@H](OC(=O)C(C)=CCO)CC(=C)[C@H]1C=C[C@](C)(O)[C@@H]21. The second-order valence-corrected chi connectivity index (χ2v) is 7.43. The van der Waals surface area contributed by atoms with Gasteiger partial charge in [-0.1, -0.05) is 30.9 Å². The predicted octanol–water partition coefficient (Wildman–Crippen LogP) is 1.45. The molecule has 0 spiro atoms. The lowest BCUT2D eigenvalue weighted by Crippen LogP contribution is -2.44. The van der Waals surface area contributed by atoms with E-state index in [1.807, 2.05) is 6.08 Å². The van der Waals surface area contributed by atoms with Crippen LogP contribution in [0.5, 0.6) is 0 Å². The van der Waals surface area contributed by atoms with E-state index in [4.69, 9.17) is 14.6 Å². The normalized spacial score (nSPS) is 39.3. The number of rotatable bonds is 3. The van der Waals surface area contributed by atoms with Crippen LogP contribution in [0.4, 0.5) is 0 Å². The van der Waals surface area contributed by atoms with Crippen LogP contribution in [0.25, 0.3) is 0 Å². The molecular formula is C20H24O6. The monoisotopic (exact) mass is 360 g/mol. The molecule has 6 nitrogen and oxygen atoms in total. The molecule has 0 unspecified atom stereocenters. The zero-order chi connectivity index (χ0) is 19.2. The van der Waals surface area contributed by atoms with Gasteiger partial charge in [0.05, 0.1) is 18.1 Å². The maximum atomic E-state index is 12.3. The largest absolute Gasteiger partial charge is 0.458 e. The van der Waals surface area contributed by atoms with Crippen LogP contribution in [0.1, 0.15) is 20.3 Å². The van der Waals surface area contributed by atoms with Gasteiger partial charge in [0.25, 0.3) is 0 Å². The lowest BCUT2D eigenvalue weighted by molar-refractivity contribution is -0.151. The average Bonchev–Trinajstić information content (AvgIpc) is 2.98. The van der Waals surface area contributed by atoms with Crippen LogP contribution < -0.4 is 0 Å². The molecule has 140 valence electrons. The van der Waals surface area contributed by atoms with Gasteiger partial charge in [-0.3, -0.25) is 0 Å². The van der Waals surface area contributed by atoms with E-state index in [0.717, 1.165) is 5.57 Å². The summed E-state index contributed by atoms with van der Waals surface area (Å²) in [5.41, 5.74) is 0.172. The topological polar surface area (TPSA) is 93.1 Å². The zero-order valence-electron chi connectivity index (χ0n) is 15.0. The van der Waals surface area contributed by atoms with Gasteiger partial charge in [0.15, 0.2) is 0 Å². The fourth-order valence-electron chi connectivity index (χ4n) is 4.25. The van der Waals surface area contributed by atoms with Gasteiger partial charge in [0.1, 0.15) is 12.2 Å². The second-order valence-electron chi connectivity index (χ2n) is 7.43. The maximum Gasteiger partial charge on any atom is 0.334 e. The maximum absolute atomic E-state index is 12.3. The highest BCUT2D eigenvalue weighted by Gasteiger charge is 2.58. The number of hydrogen-bond donors (Lipinski definition) is 2. The molecule has 0 amide bonds. The van der Waals surface area contributed by atoms with Gasteiger partial charge < -0.3 is 19.7 Å². The Morgan fingerprint density at radius 3 is 2.85 bits per heavy atom. The molecule has 3 rings (SSSR count). The zero-order valence-corrected chi connectivity index (χ0v) is 15.0. The first-order valence-electron chi connectivity index (χ1n) is 8.65. The van der Waals surface area contributed by atoms with Crippen molar-refractivity contribution in [2.45, 2.75) is 38.1 Å². The molecule has 3 aliphatic rings. The Labute approximate surface area is 152 Å². The van der Waals surface area contributed by atoms with Crippen LogP contribution >= 0.6 is 0 Å². The minimum Gasteiger partial charge on any atom is -0.458 e. The number of esters is 2. The van der Waals surface area contributed by atoms with Crippen LogP contribution in [0.3, 0.4) is 0 Å². The van der Waals surface area contributed by atoms with Crippen LogP contribution in [-0.4, -0.2) is 46.6 Å². The first kappa shape index (κ1) is 18.6. The summed E-state index contributed by atoms with van der Waals surface area (Å²) in [6.07, 6.45) is 3.97. The molecule has 26 heavy (non-hydrogen) atoms. The summed E-state index contributed by atoms with van der Waals surface area (Å²) in [6.45, 7) is 10.9. The van der Waals surface area contributed by atoms with Crippen molar-refractivity contribution in [3.8, 4) is 0 Å². The van der Waals surface area contributed by atoms with Crippen molar-refractivity contribution in [3.63, 3.8) is 0 Å². The molecule has 0 aromatic carbocycles. The molecule has 6 heteroatoms. The molecule has 1 saturated heterocycles. The molecule has 6 atom stereocenters. The third kappa shape index (κ3) is 2.93. The van der Waals surface area contributed by atoms with Crippen molar-refractivity contribution in [1.29, 1.82) is 0 Å². The highest BCUT2D eigenvalue weighted by Crippen LogP contribution is 2.51. The molecule has 2 N–H and O–H groups in total. The lowest BCUT2D eigenvalue weighted by Gasteiger charge is -2.34. The third-order valence-electron chi connectivity index (χ3n) is 5.63. The molecule has 0 aromatic heterocycles. The summed E-state index contributed by atoms with van der Waals surface area (Å²) in [5, 5.41) is 19.7. The number of hydrogen-bond acceptors (Lipinski definition) is 6. The Hall–Kier alpha value is -2.18. The van der Waals surface area contributed by atoms with Gasteiger partial charge in [0, 0.05) is 29.4 Å². The summed E-state index contributed by atoms with van der Waals surface area (Å²) >= 11 is 0. The Morgan fingerprint density at radius 2 is 2.19 bits per heavy atom. The molecule has 0 aromatic rings. The summed E-state index contributed by atoms with van der Waals surface area (Å²) in [6, 6.07) is 0. The van der Waals surface area contributed by atoms with Crippen molar-refractivity contribution >= 4 is 11.9 Å². The smallest absolute Gasteiger partial charge is 0.334 e. The first-order valence-corrected chi connectivity index (χ1v) is 8.65. The van der Waals surface area contributed by atoms with Gasteiger partial charge in [-0.2, -0.15) is 0 Å². The first-order chi connectivity index (χ1) is 12.2. The van der Waals surface area contributed by atoms with Crippen molar-refractivity contribution in [2.75, 3.05) is 6.61 Å². The number of aliphatic hydroxyl groups excluding tert-OH is 1. The van der Waals surface area contributed by atoms with E-state index in [1.165, 1.54) is 6.08 Å². The highest BCUT2D eigenvalue weighted by molar-refractivity contribution is 5.92. The fourth-order valence-corrected chi connectivity index (χ4v) is 4.25. The van der Waals surface area contributed by atoms with Gasteiger partial charge in [-0.05, 0) is 19.9 Å². The van der Waals surface area contributed by atoms with Crippen LogP contribution in [0, 0.1) is 17.8 Å². The second kappa shape index (κ2) is 6.52. The van der Waals surface area contributed by atoms with Crippen molar-refractivity contribution in [2.24, 2.45) is 17.8 Å². The number of allylic oxidation sites excluding steroid dienone is 1. The Morgan fingerprint density at radius 1 is 1.50 bits per heavy atom. The minimum absolute atomic E-state index is 0.172. The van der Waals surface area contributed by atoms with E-state index >= 15 is 0 Å². The lowest BCUT2D eigenvalue weighted by atomic mass is 9.76. The fraction of sp³-hybridized carbons (Fsp3) is 0.500. The number of carbonyl (C=O) groups is 2. The van der Waals surface area contributed by atoms with Crippen molar-refractivity contribution < 1.29 is 29.3 Å². The minimum atomic E-state index is -1.16. The van der Waals surface area contributed by atoms with E-state index in [1.54, 1.807) is 19.9 Å². The van der Waals surface area contributed by atoms with Gasteiger partial charge in [-0.15, -0.1) is 0 Å². The summed E-state index contributed by atoms with van der Waals surface area (Å²) in [5.74, 6) is -2.23. The Bertz CT molecular complexity index is 729. The molecule has 0 radical (unpaired) electrons. The Kier molecular flexibility index (Phi) is 4.67. The summed E-state index contributed by atoms with van der Waals surface area (Å²) in [7, 11) is 0. The predicted molar refractivity (Wildman–Crippen MR) is 93.7 cm³/mol. The average molecular weight is 360 g/mol. The Balaban J connectivity index is 1.97. The van der Waals surface area contributed by atoms with Gasteiger partial charge >= 0.3 is 11.9 Å². The number of ether oxygens (including phenoxy) is 2. The molecule has 1 aliphatic heterocycles. The van der Waals surface area contributed by atoms with Crippen LogP contribution in [-0.2, 0) is 19.1 Å². The van der Waals surface area contributed by atoms with Gasteiger partial charge in [-0.25, -0.2) is 9.59 Å². The highest BCUT2D eigenvalue weighted by atomic mass is 16.6. The molecule has 1 heterocycles. The van der Waals surface area contributed by atoms with Crippen molar-refractivity contribution in [3.05, 3.63) is 48.1 Å². The van der Waals surface area contributed by atoms with Gasteiger partial charge in [0.2, 0.25) is 0 Å². The van der Waals surface area contributed by atoms with E-state index in [2.05, 4.69) is 13.2 Å².